The zero-order valence-electron chi connectivity index (χ0n) is 18.5. The van der Waals surface area contributed by atoms with Crippen molar-refractivity contribution in [2.75, 3.05) is 13.2 Å². The van der Waals surface area contributed by atoms with Crippen LogP contribution in [0.15, 0.2) is 0 Å². The maximum atomic E-state index is 11.3. The predicted molar refractivity (Wildman–Crippen MR) is 110 cm³/mol. The minimum absolute atomic E-state index is 1.13. The summed E-state index contributed by atoms with van der Waals surface area (Å²) >= 11 is 0. The van der Waals surface area contributed by atoms with Gasteiger partial charge in [0, 0.05) is 0 Å². The van der Waals surface area contributed by atoms with Gasteiger partial charge in [0.05, 0.1) is 13.2 Å². The average Bonchev–Trinajstić information content (AvgIpc) is 2.72. The minimum atomic E-state index is -5.53. The van der Waals surface area contributed by atoms with E-state index in [0.717, 1.165) is 0 Å². The summed E-state index contributed by atoms with van der Waals surface area (Å²) in [4.78, 5) is 0. The highest BCUT2D eigenvalue weighted by molar-refractivity contribution is 7.81. The van der Waals surface area contributed by atoms with Gasteiger partial charge >= 0.3 is 41.6 Å². The number of hydrogen-bond acceptors (Lipinski definition) is 19. The summed E-state index contributed by atoms with van der Waals surface area (Å²) in [5.41, 5.74) is 0. The van der Waals surface area contributed by atoms with Crippen LogP contribution in [0.25, 0.3) is 0 Å². The molecule has 39 heavy (non-hydrogen) atoms. The quantitative estimate of drug-likeness (QED) is 0.0901. The number of hydrogen-bond donors (Lipinski definition) is 8. The van der Waals surface area contributed by atoms with Crippen molar-refractivity contribution in [3.63, 3.8) is 0 Å². The number of aliphatic hydroxyl groups is 4. The topological polar surface area (TPSA) is 363 Å². The van der Waals surface area contributed by atoms with E-state index in [-0.39, 0.29) is 0 Å². The van der Waals surface area contributed by atoms with E-state index in [0.29, 0.717) is 0 Å². The Balaban J connectivity index is 2.36. The molecule has 2 saturated heterocycles. The van der Waals surface area contributed by atoms with Crippen LogP contribution >= 0.6 is 0 Å². The molecular formula is C12H22O23S4. The van der Waals surface area contributed by atoms with Gasteiger partial charge in [0.25, 0.3) is 0 Å². The van der Waals surface area contributed by atoms with Crippen molar-refractivity contribution in [3.8, 4) is 0 Å². The Bertz CT molecular complexity index is 1260. The van der Waals surface area contributed by atoms with E-state index in [9.17, 15) is 54.1 Å². The van der Waals surface area contributed by atoms with Gasteiger partial charge in [-0.15, -0.1) is 0 Å². The molecular weight excluding hydrogens is 640 g/mol. The van der Waals surface area contributed by atoms with Gasteiger partial charge < -0.3 is 34.6 Å². The summed E-state index contributed by atoms with van der Waals surface area (Å²) in [7, 11) is -22.0. The smallest absolute Gasteiger partial charge is 0.394 e. The van der Waals surface area contributed by atoms with E-state index in [1.165, 1.54) is 0 Å². The molecule has 27 heteroatoms. The van der Waals surface area contributed by atoms with E-state index >= 15 is 0 Å². The Morgan fingerprint density at radius 1 is 0.564 bits per heavy atom. The second kappa shape index (κ2) is 12.6. The van der Waals surface area contributed by atoms with Crippen LogP contribution in [0.1, 0.15) is 0 Å². The number of rotatable bonds is 12. The molecule has 232 valence electrons. The molecule has 0 aromatic carbocycles. The molecule has 0 spiro atoms. The minimum Gasteiger partial charge on any atom is -0.394 e. The Hall–Kier alpha value is -0.800. The molecule has 2 fully saturated rings. The summed E-state index contributed by atoms with van der Waals surface area (Å²) in [5, 5.41) is 40.0. The molecule has 0 saturated carbocycles. The van der Waals surface area contributed by atoms with Crippen molar-refractivity contribution in [1.29, 1.82) is 0 Å². The number of ether oxygens (including phenoxy) is 3. The number of aliphatic hydroxyl groups excluding tert-OH is 4. The monoisotopic (exact) mass is 662 g/mol. The van der Waals surface area contributed by atoms with Crippen LogP contribution in [0.3, 0.4) is 0 Å². The zero-order chi connectivity index (χ0) is 30.1. The van der Waals surface area contributed by atoms with E-state index in [4.69, 9.17) is 32.4 Å². The highest BCUT2D eigenvalue weighted by atomic mass is 32.3. The van der Waals surface area contributed by atoms with Crippen LogP contribution in [-0.2, 0) is 72.5 Å². The first kappa shape index (κ1) is 34.4. The van der Waals surface area contributed by atoms with Crippen LogP contribution < -0.4 is 0 Å². The first-order valence-corrected chi connectivity index (χ1v) is 15.2. The van der Waals surface area contributed by atoms with E-state index in [1.807, 2.05) is 0 Å². The molecule has 23 nitrogen and oxygen atoms in total. The molecule has 2 aliphatic heterocycles. The van der Waals surface area contributed by atoms with Gasteiger partial charge in [-0.05, 0) is 0 Å². The third-order valence-electron chi connectivity index (χ3n) is 4.79. The van der Waals surface area contributed by atoms with Gasteiger partial charge in [0.1, 0.15) is 36.6 Å². The molecule has 0 amide bonds. The van der Waals surface area contributed by atoms with Gasteiger partial charge in [-0.1, -0.05) is 0 Å². The summed E-state index contributed by atoms with van der Waals surface area (Å²) in [6.45, 7) is -2.32. The molecule has 2 heterocycles. The standard InChI is InChI=1S/C12H22O23S4/c13-1-3-5(14)8(33-37(20,21)22)10(35-39(26,27)28)12(31-3)29-2-4-6(15)7(32-36(17,18)19)9(11(16)30-4)34-38(23,24)25/h3-16H,1-2H2,(H,17,18,19)(H,20,21,22)(H,23,24,25)(H,26,27,28). The molecule has 2 aliphatic rings. The average molecular weight is 663 g/mol. The van der Waals surface area contributed by atoms with Gasteiger partial charge in [-0.25, -0.2) is 16.7 Å². The summed E-state index contributed by atoms with van der Waals surface area (Å²) in [6, 6.07) is 0. The van der Waals surface area contributed by atoms with Crippen molar-refractivity contribution in [3.05, 3.63) is 0 Å². The molecule has 0 aromatic heterocycles. The summed E-state index contributed by atoms with van der Waals surface area (Å²) in [6.07, 6.45) is -23.5. The van der Waals surface area contributed by atoms with Crippen LogP contribution in [0, 0.1) is 0 Å². The lowest BCUT2D eigenvalue weighted by atomic mass is 9.98. The molecule has 0 radical (unpaired) electrons. The second-order valence-corrected chi connectivity index (χ2v) is 11.8. The van der Waals surface area contributed by atoms with E-state index in [2.05, 4.69) is 16.7 Å². The first-order valence-electron chi connectivity index (χ1n) is 9.71. The summed E-state index contributed by atoms with van der Waals surface area (Å²) < 4.78 is 156. The van der Waals surface area contributed by atoms with Gasteiger partial charge in [0.2, 0.25) is 0 Å². The Kier molecular flexibility index (Phi) is 11.1. The van der Waals surface area contributed by atoms with Crippen molar-refractivity contribution >= 4 is 41.6 Å². The fourth-order valence-electron chi connectivity index (χ4n) is 3.40. The Morgan fingerprint density at radius 2 is 0.949 bits per heavy atom. The molecule has 8 N–H and O–H groups in total. The third-order valence-corrected chi connectivity index (χ3v) is 6.65. The van der Waals surface area contributed by atoms with Gasteiger partial charge in [-0.2, -0.15) is 33.7 Å². The zero-order valence-corrected chi connectivity index (χ0v) is 21.8. The van der Waals surface area contributed by atoms with Crippen LogP contribution in [-0.4, -0.2) is 147 Å². The highest BCUT2D eigenvalue weighted by Gasteiger charge is 2.53. The molecule has 2 rings (SSSR count). The second-order valence-electron chi connectivity index (χ2n) is 7.56. The maximum absolute atomic E-state index is 11.3. The van der Waals surface area contributed by atoms with Gasteiger partial charge in [-0.3, -0.25) is 18.2 Å². The lowest BCUT2D eigenvalue weighted by molar-refractivity contribution is -0.317. The molecule has 10 atom stereocenters. The van der Waals surface area contributed by atoms with Gasteiger partial charge in [0.15, 0.2) is 24.8 Å². The Labute approximate surface area is 219 Å². The lowest BCUT2D eigenvalue weighted by Crippen LogP contribution is -2.63. The fraction of sp³-hybridized carbons (Fsp3) is 1.00. The lowest BCUT2D eigenvalue weighted by Gasteiger charge is -2.43. The summed E-state index contributed by atoms with van der Waals surface area (Å²) in [5.74, 6) is 0. The highest BCUT2D eigenvalue weighted by Crippen LogP contribution is 2.31. The SMILES string of the molecule is O=S(=O)(O)OC1C(O)OC(COC2OC(CO)C(O)C(OS(=O)(=O)O)C2OS(=O)(=O)O)C(O)C1OS(=O)(=O)O. The first-order chi connectivity index (χ1) is 17.5. The normalized spacial score (nSPS) is 37.0. The predicted octanol–water partition coefficient (Wildman–Crippen LogP) is -6.09. The molecule has 0 aliphatic carbocycles. The van der Waals surface area contributed by atoms with Crippen molar-refractivity contribution in [2.45, 2.75) is 61.4 Å². The molecule has 10 unspecified atom stereocenters. The van der Waals surface area contributed by atoms with Crippen molar-refractivity contribution in [2.24, 2.45) is 0 Å². The largest absolute Gasteiger partial charge is 0.397 e. The third kappa shape index (κ3) is 10.5. The van der Waals surface area contributed by atoms with Crippen LogP contribution in [0.5, 0.6) is 0 Å². The van der Waals surface area contributed by atoms with Crippen molar-refractivity contribution in [1.82, 2.24) is 0 Å². The van der Waals surface area contributed by atoms with Crippen LogP contribution in [0.4, 0.5) is 0 Å². The van der Waals surface area contributed by atoms with Crippen LogP contribution in [0.2, 0.25) is 0 Å². The fourth-order valence-corrected chi connectivity index (χ4v) is 5.37. The molecule has 0 bridgehead atoms. The molecule has 0 aromatic rings. The van der Waals surface area contributed by atoms with Crippen molar-refractivity contribution < 1.29 is 103 Å². The Morgan fingerprint density at radius 3 is 1.38 bits per heavy atom. The van der Waals surface area contributed by atoms with E-state index < -0.39 is 116 Å². The van der Waals surface area contributed by atoms with E-state index in [1.54, 1.807) is 0 Å². The maximum Gasteiger partial charge on any atom is 0.397 e.